The third-order valence-corrected chi connectivity index (χ3v) is 1.88. The van der Waals surface area contributed by atoms with Crippen molar-refractivity contribution in [3.05, 3.63) is 28.8 Å². The highest BCUT2D eigenvalue weighted by Crippen LogP contribution is 2.24. The summed E-state index contributed by atoms with van der Waals surface area (Å²) in [6.07, 6.45) is 0. The van der Waals surface area contributed by atoms with Crippen LogP contribution in [0, 0.1) is 13.8 Å². The number of hydrogen-bond donors (Lipinski definition) is 2. The van der Waals surface area contributed by atoms with Gasteiger partial charge in [0.25, 0.3) is 0 Å². The van der Waals surface area contributed by atoms with Crippen molar-refractivity contribution in [2.24, 2.45) is 0 Å². The van der Waals surface area contributed by atoms with Crippen molar-refractivity contribution in [1.82, 2.24) is 0 Å². The Labute approximate surface area is 66.1 Å². The van der Waals surface area contributed by atoms with E-state index in [1.807, 2.05) is 26.0 Å². The van der Waals surface area contributed by atoms with Gasteiger partial charge in [-0.15, -0.1) is 0 Å². The Morgan fingerprint density at radius 3 is 2.18 bits per heavy atom. The number of aromatic hydroxyl groups is 1. The van der Waals surface area contributed by atoms with Gasteiger partial charge in [-0.2, -0.15) is 0 Å². The average molecular weight is 152 g/mol. The summed E-state index contributed by atoms with van der Waals surface area (Å²) in [5, 5.41) is 18.3. The Bertz CT molecular complexity index is 267. The van der Waals surface area contributed by atoms with Gasteiger partial charge in [-0.1, -0.05) is 12.1 Å². The lowest BCUT2D eigenvalue weighted by Gasteiger charge is -2.06. The topological polar surface area (TPSA) is 40.5 Å². The molecule has 0 unspecified atom stereocenters. The summed E-state index contributed by atoms with van der Waals surface area (Å²) < 4.78 is 0. The molecule has 0 saturated carbocycles. The van der Waals surface area contributed by atoms with Crippen LogP contribution < -0.4 is 0 Å². The molecule has 60 valence electrons. The Kier molecular flexibility index (Phi) is 2.15. The molecular formula is C9H12O2. The first-order valence-corrected chi connectivity index (χ1v) is 3.55. The van der Waals surface area contributed by atoms with Crippen LogP contribution in [0.3, 0.4) is 0 Å². The van der Waals surface area contributed by atoms with Crippen LogP contribution in [0.4, 0.5) is 0 Å². The van der Waals surface area contributed by atoms with E-state index in [0.717, 1.165) is 11.1 Å². The lowest BCUT2D eigenvalue weighted by Crippen LogP contribution is -1.90. The van der Waals surface area contributed by atoms with Crippen LogP contribution in [0.1, 0.15) is 16.7 Å². The Balaban J connectivity index is 3.29. The minimum Gasteiger partial charge on any atom is -0.507 e. The summed E-state index contributed by atoms with van der Waals surface area (Å²) in [5.41, 5.74) is 2.36. The zero-order chi connectivity index (χ0) is 8.43. The van der Waals surface area contributed by atoms with Gasteiger partial charge in [0.15, 0.2) is 0 Å². The maximum Gasteiger partial charge on any atom is 0.124 e. The second-order valence-electron chi connectivity index (χ2n) is 2.68. The first kappa shape index (κ1) is 8.08. The van der Waals surface area contributed by atoms with Crippen LogP contribution >= 0.6 is 0 Å². The number of rotatable bonds is 1. The predicted octanol–water partition coefficient (Wildman–Crippen LogP) is 1.50. The molecule has 0 atom stereocenters. The highest BCUT2D eigenvalue weighted by Gasteiger charge is 2.04. The minimum atomic E-state index is -0.0979. The molecule has 1 rings (SSSR count). The summed E-state index contributed by atoms with van der Waals surface area (Å²) in [7, 11) is 0. The van der Waals surface area contributed by atoms with Gasteiger partial charge in [0, 0.05) is 5.56 Å². The van der Waals surface area contributed by atoms with Crippen molar-refractivity contribution in [2.45, 2.75) is 20.5 Å². The van der Waals surface area contributed by atoms with Gasteiger partial charge in [-0.25, -0.2) is 0 Å². The van der Waals surface area contributed by atoms with Crippen molar-refractivity contribution in [2.75, 3.05) is 0 Å². The molecule has 2 nitrogen and oxygen atoms in total. The zero-order valence-corrected chi connectivity index (χ0v) is 6.76. The van der Waals surface area contributed by atoms with Crippen LogP contribution in [-0.2, 0) is 6.61 Å². The van der Waals surface area contributed by atoms with E-state index in [0.29, 0.717) is 5.56 Å². The third-order valence-electron chi connectivity index (χ3n) is 1.88. The van der Waals surface area contributed by atoms with E-state index in [4.69, 9.17) is 5.11 Å². The van der Waals surface area contributed by atoms with E-state index in [2.05, 4.69) is 0 Å². The molecular weight excluding hydrogens is 140 g/mol. The highest BCUT2D eigenvalue weighted by molar-refractivity contribution is 5.43. The predicted molar refractivity (Wildman–Crippen MR) is 43.5 cm³/mol. The molecule has 0 spiro atoms. The van der Waals surface area contributed by atoms with Crippen LogP contribution in [0.15, 0.2) is 12.1 Å². The maximum atomic E-state index is 9.42. The molecule has 11 heavy (non-hydrogen) atoms. The van der Waals surface area contributed by atoms with Crippen molar-refractivity contribution >= 4 is 0 Å². The summed E-state index contributed by atoms with van der Waals surface area (Å²) in [6.45, 7) is 3.58. The lowest BCUT2D eigenvalue weighted by molar-refractivity contribution is 0.274. The zero-order valence-electron chi connectivity index (χ0n) is 6.76. The van der Waals surface area contributed by atoms with E-state index < -0.39 is 0 Å². The second-order valence-corrected chi connectivity index (χ2v) is 2.68. The van der Waals surface area contributed by atoms with Gasteiger partial charge >= 0.3 is 0 Å². The maximum absolute atomic E-state index is 9.42. The van der Waals surface area contributed by atoms with Crippen molar-refractivity contribution < 1.29 is 10.2 Å². The van der Waals surface area contributed by atoms with Gasteiger partial charge < -0.3 is 10.2 Å². The van der Waals surface area contributed by atoms with Crippen LogP contribution in [-0.4, -0.2) is 10.2 Å². The second kappa shape index (κ2) is 2.93. The summed E-state index contributed by atoms with van der Waals surface area (Å²) in [5.74, 6) is 0.215. The molecule has 0 aliphatic rings. The molecule has 0 bridgehead atoms. The van der Waals surface area contributed by atoms with Crippen LogP contribution in [0.2, 0.25) is 0 Å². The highest BCUT2D eigenvalue weighted by atomic mass is 16.3. The number of aliphatic hydroxyl groups is 1. The molecule has 2 heteroatoms. The molecule has 2 N–H and O–H groups in total. The van der Waals surface area contributed by atoms with E-state index in [9.17, 15) is 5.11 Å². The van der Waals surface area contributed by atoms with E-state index >= 15 is 0 Å². The Hall–Kier alpha value is -1.02. The molecule has 1 aromatic rings. The smallest absolute Gasteiger partial charge is 0.124 e. The molecule has 0 fully saturated rings. The van der Waals surface area contributed by atoms with Crippen molar-refractivity contribution in [1.29, 1.82) is 0 Å². The fourth-order valence-corrected chi connectivity index (χ4v) is 1.05. The van der Waals surface area contributed by atoms with Gasteiger partial charge in [0.05, 0.1) is 6.61 Å². The molecule has 1 aromatic carbocycles. The molecule has 0 radical (unpaired) electrons. The largest absolute Gasteiger partial charge is 0.507 e. The third kappa shape index (κ3) is 1.35. The molecule has 0 aromatic heterocycles. The van der Waals surface area contributed by atoms with Gasteiger partial charge in [-0.3, -0.25) is 0 Å². The van der Waals surface area contributed by atoms with Gasteiger partial charge in [-0.05, 0) is 25.0 Å². The monoisotopic (exact) mass is 152 g/mol. The quantitative estimate of drug-likeness (QED) is 0.640. The van der Waals surface area contributed by atoms with Gasteiger partial charge in [0.2, 0.25) is 0 Å². The number of aryl methyl sites for hydroxylation is 2. The summed E-state index contributed by atoms with van der Waals surface area (Å²) in [6, 6.07) is 3.73. The number of benzene rings is 1. The van der Waals surface area contributed by atoms with Crippen molar-refractivity contribution in [3.63, 3.8) is 0 Å². The van der Waals surface area contributed by atoms with Crippen molar-refractivity contribution in [3.8, 4) is 5.75 Å². The fourth-order valence-electron chi connectivity index (χ4n) is 1.05. The molecule has 0 aliphatic carbocycles. The molecule has 0 saturated heterocycles. The van der Waals surface area contributed by atoms with Gasteiger partial charge in [0.1, 0.15) is 5.75 Å². The summed E-state index contributed by atoms with van der Waals surface area (Å²) in [4.78, 5) is 0. The fraction of sp³-hybridized carbons (Fsp3) is 0.333. The van der Waals surface area contributed by atoms with E-state index in [1.165, 1.54) is 0 Å². The first-order chi connectivity index (χ1) is 5.16. The summed E-state index contributed by atoms with van der Waals surface area (Å²) >= 11 is 0. The molecule has 0 heterocycles. The standard InChI is InChI=1S/C9H12O2/c1-6-3-4-7(2)9(11)8(6)5-10/h3-4,10-11H,5H2,1-2H3. The normalized spacial score (nSPS) is 10.1. The van der Waals surface area contributed by atoms with E-state index in [-0.39, 0.29) is 12.4 Å². The molecule has 0 aliphatic heterocycles. The van der Waals surface area contributed by atoms with Crippen LogP contribution in [0.25, 0.3) is 0 Å². The Morgan fingerprint density at radius 1 is 1.18 bits per heavy atom. The SMILES string of the molecule is Cc1ccc(C)c(CO)c1O. The molecule has 0 amide bonds. The van der Waals surface area contributed by atoms with Crippen LogP contribution in [0.5, 0.6) is 5.75 Å². The first-order valence-electron chi connectivity index (χ1n) is 3.55. The lowest BCUT2D eigenvalue weighted by atomic mass is 10.0. The number of aliphatic hydroxyl groups excluding tert-OH is 1. The Morgan fingerprint density at radius 2 is 1.73 bits per heavy atom. The average Bonchev–Trinajstić information content (AvgIpc) is 1.99. The minimum absolute atomic E-state index is 0.0979. The number of phenols is 1. The number of hydrogen-bond acceptors (Lipinski definition) is 2. The van der Waals surface area contributed by atoms with E-state index in [1.54, 1.807) is 0 Å².